The van der Waals surface area contributed by atoms with Crippen molar-refractivity contribution in [2.24, 2.45) is 17.1 Å². The molecular formula is C14H29N3O. The van der Waals surface area contributed by atoms with Gasteiger partial charge in [0.2, 0.25) is 5.91 Å². The highest BCUT2D eigenvalue weighted by atomic mass is 16.1. The standard InChI is InChI=1S/C14H29N3O/c1-14(2,10-15)11-16-13(18)6-4-5-12-7-8-17(3)9-12/h12H,4-11,15H2,1-3H3,(H,16,18). The third-order valence-electron chi connectivity index (χ3n) is 3.82. The van der Waals surface area contributed by atoms with Crippen molar-refractivity contribution in [1.29, 1.82) is 0 Å². The fourth-order valence-electron chi connectivity index (χ4n) is 2.31. The zero-order chi connectivity index (χ0) is 13.6. The molecule has 1 rings (SSSR count). The zero-order valence-corrected chi connectivity index (χ0v) is 12.2. The van der Waals surface area contributed by atoms with Gasteiger partial charge < -0.3 is 16.0 Å². The molecule has 0 aliphatic carbocycles. The van der Waals surface area contributed by atoms with Gasteiger partial charge in [-0.05, 0) is 50.7 Å². The fourth-order valence-corrected chi connectivity index (χ4v) is 2.31. The third-order valence-corrected chi connectivity index (χ3v) is 3.82. The highest BCUT2D eigenvalue weighted by molar-refractivity contribution is 5.75. The molecule has 0 aromatic rings. The molecule has 1 heterocycles. The number of nitrogens with two attached hydrogens (primary N) is 1. The Balaban J connectivity index is 2.07. The Morgan fingerprint density at radius 2 is 2.22 bits per heavy atom. The lowest BCUT2D eigenvalue weighted by Crippen LogP contribution is -2.38. The summed E-state index contributed by atoms with van der Waals surface area (Å²) in [4.78, 5) is 14.1. The number of nitrogens with zero attached hydrogens (tertiary/aromatic N) is 1. The summed E-state index contributed by atoms with van der Waals surface area (Å²) in [5.41, 5.74) is 5.64. The molecule has 1 fully saturated rings. The summed E-state index contributed by atoms with van der Waals surface area (Å²) in [5, 5.41) is 2.98. The highest BCUT2D eigenvalue weighted by Crippen LogP contribution is 2.20. The molecule has 0 aromatic carbocycles. The Labute approximate surface area is 111 Å². The van der Waals surface area contributed by atoms with Crippen LogP contribution in [0.1, 0.15) is 39.5 Å². The van der Waals surface area contributed by atoms with E-state index in [4.69, 9.17) is 5.73 Å². The third kappa shape index (κ3) is 5.83. The molecule has 18 heavy (non-hydrogen) atoms. The van der Waals surface area contributed by atoms with Crippen LogP contribution in [-0.4, -0.2) is 44.0 Å². The smallest absolute Gasteiger partial charge is 0.220 e. The first kappa shape index (κ1) is 15.4. The maximum Gasteiger partial charge on any atom is 0.220 e. The van der Waals surface area contributed by atoms with E-state index in [1.165, 1.54) is 25.9 Å². The molecule has 0 aromatic heterocycles. The molecule has 4 heteroatoms. The molecule has 1 aliphatic heterocycles. The van der Waals surface area contributed by atoms with Crippen LogP contribution < -0.4 is 11.1 Å². The van der Waals surface area contributed by atoms with Crippen LogP contribution in [0.25, 0.3) is 0 Å². The molecule has 1 unspecified atom stereocenters. The Morgan fingerprint density at radius 1 is 1.50 bits per heavy atom. The van der Waals surface area contributed by atoms with Crippen LogP contribution in [0.15, 0.2) is 0 Å². The second kappa shape index (κ2) is 7.10. The lowest BCUT2D eigenvalue weighted by molar-refractivity contribution is -0.121. The molecule has 106 valence electrons. The SMILES string of the molecule is CN1CCC(CCCC(=O)NCC(C)(C)CN)C1. The van der Waals surface area contributed by atoms with E-state index in [1.54, 1.807) is 0 Å². The monoisotopic (exact) mass is 255 g/mol. The first-order valence-electron chi connectivity index (χ1n) is 7.08. The van der Waals surface area contributed by atoms with Crippen molar-refractivity contribution in [2.75, 3.05) is 33.2 Å². The van der Waals surface area contributed by atoms with Gasteiger partial charge in [-0.2, -0.15) is 0 Å². The first-order chi connectivity index (χ1) is 8.43. The van der Waals surface area contributed by atoms with E-state index >= 15 is 0 Å². The van der Waals surface area contributed by atoms with Crippen molar-refractivity contribution >= 4 is 5.91 Å². The second-order valence-electron chi connectivity index (χ2n) is 6.45. The Morgan fingerprint density at radius 3 is 2.78 bits per heavy atom. The van der Waals surface area contributed by atoms with Gasteiger partial charge in [0.15, 0.2) is 0 Å². The van der Waals surface area contributed by atoms with Crippen LogP contribution in [0, 0.1) is 11.3 Å². The molecule has 1 atom stereocenters. The van der Waals surface area contributed by atoms with Gasteiger partial charge in [-0.15, -0.1) is 0 Å². The van der Waals surface area contributed by atoms with Gasteiger partial charge in [-0.25, -0.2) is 0 Å². The van der Waals surface area contributed by atoms with E-state index in [9.17, 15) is 4.79 Å². The normalized spacial score (nSPS) is 21.2. The summed E-state index contributed by atoms with van der Waals surface area (Å²) in [6, 6.07) is 0. The number of rotatable bonds is 7. The molecule has 0 saturated carbocycles. The van der Waals surface area contributed by atoms with Crippen LogP contribution in [0.4, 0.5) is 0 Å². The molecule has 0 spiro atoms. The fraction of sp³-hybridized carbons (Fsp3) is 0.929. The van der Waals surface area contributed by atoms with Crippen molar-refractivity contribution in [3.63, 3.8) is 0 Å². The molecule has 1 saturated heterocycles. The number of nitrogens with one attached hydrogen (secondary N) is 1. The number of carbonyl (C=O) groups excluding carboxylic acids is 1. The number of hydrogen-bond donors (Lipinski definition) is 2. The lowest BCUT2D eigenvalue weighted by Gasteiger charge is -2.22. The van der Waals surface area contributed by atoms with E-state index in [0.29, 0.717) is 19.5 Å². The maximum absolute atomic E-state index is 11.7. The summed E-state index contributed by atoms with van der Waals surface area (Å²) in [6.07, 6.45) is 4.13. The summed E-state index contributed by atoms with van der Waals surface area (Å²) < 4.78 is 0. The zero-order valence-electron chi connectivity index (χ0n) is 12.2. The largest absolute Gasteiger partial charge is 0.356 e. The minimum Gasteiger partial charge on any atom is -0.356 e. The van der Waals surface area contributed by atoms with E-state index < -0.39 is 0 Å². The van der Waals surface area contributed by atoms with Gasteiger partial charge >= 0.3 is 0 Å². The Bertz CT molecular complexity index is 266. The van der Waals surface area contributed by atoms with Crippen molar-refractivity contribution in [1.82, 2.24) is 10.2 Å². The number of amides is 1. The predicted octanol–water partition coefficient (Wildman–Crippen LogP) is 1.21. The molecule has 0 bridgehead atoms. The summed E-state index contributed by atoms with van der Waals surface area (Å²) in [7, 11) is 2.17. The quantitative estimate of drug-likeness (QED) is 0.719. The summed E-state index contributed by atoms with van der Waals surface area (Å²) >= 11 is 0. The average Bonchev–Trinajstić information content (AvgIpc) is 2.73. The Hall–Kier alpha value is -0.610. The molecule has 3 N–H and O–H groups in total. The van der Waals surface area contributed by atoms with Crippen LogP contribution in [0.2, 0.25) is 0 Å². The Kier molecular flexibility index (Phi) is 6.09. The van der Waals surface area contributed by atoms with E-state index in [2.05, 4.69) is 31.1 Å². The van der Waals surface area contributed by atoms with Crippen molar-refractivity contribution < 1.29 is 4.79 Å². The molecule has 0 radical (unpaired) electrons. The van der Waals surface area contributed by atoms with Crippen molar-refractivity contribution in [3.05, 3.63) is 0 Å². The number of likely N-dealkylation sites (tertiary alicyclic amines) is 1. The lowest BCUT2D eigenvalue weighted by atomic mass is 9.94. The van der Waals surface area contributed by atoms with Crippen molar-refractivity contribution in [3.8, 4) is 0 Å². The number of carbonyl (C=O) groups is 1. The summed E-state index contributed by atoms with van der Waals surface area (Å²) in [5.74, 6) is 0.964. The number of hydrogen-bond acceptors (Lipinski definition) is 3. The highest BCUT2D eigenvalue weighted by Gasteiger charge is 2.20. The van der Waals surface area contributed by atoms with Gasteiger partial charge in [0.1, 0.15) is 0 Å². The van der Waals surface area contributed by atoms with Gasteiger partial charge in [0.25, 0.3) is 0 Å². The molecular weight excluding hydrogens is 226 g/mol. The topological polar surface area (TPSA) is 58.4 Å². The van der Waals surface area contributed by atoms with Gasteiger partial charge in [-0.3, -0.25) is 4.79 Å². The van der Waals surface area contributed by atoms with Gasteiger partial charge in [0, 0.05) is 19.5 Å². The van der Waals surface area contributed by atoms with E-state index in [1.807, 2.05) is 0 Å². The van der Waals surface area contributed by atoms with Gasteiger partial charge in [-0.1, -0.05) is 13.8 Å². The maximum atomic E-state index is 11.7. The predicted molar refractivity (Wildman–Crippen MR) is 75.3 cm³/mol. The minimum absolute atomic E-state index is 0.00379. The van der Waals surface area contributed by atoms with Crippen LogP contribution >= 0.6 is 0 Å². The molecule has 1 amide bonds. The molecule has 4 nitrogen and oxygen atoms in total. The summed E-state index contributed by atoms with van der Waals surface area (Å²) in [6.45, 7) is 7.82. The second-order valence-corrected chi connectivity index (χ2v) is 6.45. The van der Waals surface area contributed by atoms with Crippen LogP contribution in [0.5, 0.6) is 0 Å². The van der Waals surface area contributed by atoms with Crippen LogP contribution in [0.3, 0.4) is 0 Å². The van der Waals surface area contributed by atoms with Crippen molar-refractivity contribution in [2.45, 2.75) is 39.5 Å². The first-order valence-corrected chi connectivity index (χ1v) is 7.08. The van der Waals surface area contributed by atoms with E-state index in [0.717, 1.165) is 12.3 Å². The molecule has 1 aliphatic rings. The average molecular weight is 255 g/mol. The van der Waals surface area contributed by atoms with Crippen LogP contribution in [-0.2, 0) is 4.79 Å². The minimum atomic E-state index is 0.00379. The van der Waals surface area contributed by atoms with Gasteiger partial charge in [0.05, 0.1) is 0 Å². The van der Waals surface area contributed by atoms with E-state index in [-0.39, 0.29) is 11.3 Å².